The van der Waals surface area contributed by atoms with Crippen LogP contribution >= 0.6 is 0 Å². The molecule has 1 amide bonds. The van der Waals surface area contributed by atoms with Crippen LogP contribution in [0.4, 0.5) is 0 Å². The van der Waals surface area contributed by atoms with E-state index in [0.717, 1.165) is 5.56 Å². The van der Waals surface area contributed by atoms with Crippen LogP contribution in [0.3, 0.4) is 0 Å². The van der Waals surface area contributed by atoms with Crippen molar-refractivity contribution >= 4 is 5.91 Å². The molecule has 1 aliphatic heterocycles. The molecule has 0 fully saturated rings. The summed E-state index contributed by atoms with van der Waals surface area (Å²) in [6.45, 7) is 2.13. The van der Waals surface area contributed by atoms with Crippen LogP contribution < -0.4 is 10.1 Å². The molecule has 1 N–H and O–H groups in total. The molecule has 1 aliphatic rings. The fraction of sp³-hybridized carbons (Fsp3) is 0.273. The van der Waals surface area contributed by atoms with Crippen molar-refractivity contribution in [3.8, 4) is 11.8 Å². The molecule has 76 valence electrons. The van der Waals surface area contributed by atoms with Crippen LogP contribution in [0.1, 0.15) is 18.1 Å². The lowest BCUT2D eigenvalue weighted by Gasteiger charge is -2.10. The standard InChI is InChI=1S/C11H10N2O2/c1-7-11(14)13-6-9-3-2-8(5-12)4-10(9)15-7/h2-4,7H,6H2,1H3,(H,13,14). The summed E-state index contributed by atoms with van der Waals surface area (Å²) in [6, 6.07) is 7.21. The van der Waals surface area contributed by atoms with Gasteiger partial charge in [0.2, 0.25) is 0 Å². The Kier molecular flexibility index (Phi) is 2.30. The Bertz CT molecular complexity index is 448. The van der Waals surface area contributed by atoms with E-state index in [2.05, 4.69) is 5.32 Å². The van der Waals surface area contributed by atoms with E-state index in [4.69, 9.17) is 10.00 Å². The molecule has 4 heteroatoms. The van der Waals surface area contributed by atoms with Gasteiger partial charge >= 0.3 is 0 Å². The minimum atomic E-state index is -0.514. The number of nitrogens with one attached hydrogen (secondary N) is 1. The van der Waals surface area contributed by atoms with Gasteiger partial charge in [0.1, 0.15) is 5.75 Å². The van der Waals surface area contributed by atoms with E-state index in [9.17, 15) is 4.79 Å². The number of hydrogen-bond donors (Lipinski definition) is 1. The SMILES string of the molecule is CC1Oc2cc(C#N)ccc2CNC1=O. The smallest absolute Gasteiger partial charge is 0.261 e. The van der Waals surface area contributed by atoms with Gasteiger partial charge in [0, 0.05) is 12.1 Å². The van der Waals surface area contributed by atoms with Gasteiger partial charge in [-0.15, -0.1) is 0 Å². The lowest BCUT2D eigenvalue weighted by atomic mass is 10.1. The second-order valence-electron chi connectivity index (χ2n) is 3.41. The first kappa shape index (κ1) is 9.53. The molecule has 1 heterocycles. The Hall–Kier alpha value is -2.02. The largest absolute Gasteiger partial charge is 0.481 e. The number of benzene rings is 1. The van der Waals surface area contributed by atoms with Crippen LogP contribution in [-0.2, 0) is 11.3 Å². The number of nitrogens with zero attached hydrogens (tertiary/aromatic N) is 1. The molecule has 1 aromatic rings. The highest BCUT2D eigenvalue weighted by molar-refractivity contribution is 5.81. The zero-order chi connectivity index (χ0) is 10.8. The van der Waals surface area contributed by atoms with Crippen LogP contribution in [0, 0.1) is 11.3 Å². The Morgan fingerprint density at radius 1 is 1.60 bits per heavy atom. The molecular weight excluding hydrogens is 192 g/mol. The third-order valence-electron chi connectivity index (χ3n) is 2.32. The van der Waals surface area contributed by atoms with E-state index < -0.39 is 6.10 Å². The number of hydrogen-bond acceptors (Lipinski definition) is 3. The van der Waals surface area contributed by atoms with Gasteiger partial charge in [-0.3, -0.25) is 4.79 Å². The van der Waals surface area contributed by atoms with Gasteiger partial charge in [-0.2, -0.15) is 5.26 Å². The quantitative estimate of drug-likeness (QED) is 0.681. The Morgan fingerprint density at radius 3 is 3.13 bits per heavy atom. The number of carbonyl (C=O) groups is 1. The van der Waals surface area contributed by atoms with Gasteiger partial charge in [-0.1, -0.05) is 6.07 Å². The number of nitriles is 1. The average Bonchev–Trinajstić information content (AvgIpc) is 2.39. The first-order chi connectivity index (χ1) is 7.20. The van der Waals surface area contributed by atoms with Gasteiger partial charge in [-0.25, -0.2) is 0 Å². The maximum atomic E-state index is 11.3. The van der Waals surface area contributed by atoms with E-state index in [1.54, 1.807) is 25.1 Å². The van der Waals surface area contributed by atoms with Crippen molar-refractivity contribution in [1.29, 1.82) is 5.26 Å². The Labute approximate surface area is 87.5 Å². The molecule has 0 saturated carbocycles. The fourth-order valence-electron chi connectivity index (χ4n) is 1.45. The summed E-state index contributed by atoms with van der Waals surface area (Å²) in [5.74, 6) is 0.476. The van der Waals surface area contributed by atoms with E-state index in [-0.39, 0.29) is 5.91 Å². The van der Waals surface area contributed by atoms with Gasteiger partial charge < -0.3 is 10.1 Å². The summed E-state index contributed by atoms with van der Waals surface area (Å²) in [7, 11) is 0. The lowest BCUT2D eigenvalue weighted by molar-refractivity contribution is -0.126. The second kappa shape index (κ2) is 3.62. The number of carbonyl (C=O) groups excluding carboxylic acids is 1. The van der Waals surface area contributed by atoms with Crippen LogP contribution in [0.2, 0.25) is 0 Å². The van der Waals surface area contributed by atoms with Gasteiger partial charge in [-0.05, 0) is 19.1 Å². The van der Waals surface area contributed by atoms with Crippen LogP contribution in [0.15, 0.2) is 18.2 Å². The summed E-state index contributed by atoms with van der Waals surface area (Å²) >= 11 is 0. The molecule has 15 heavy (non-hydrogen) atoms. The van der Waals surface area contributed by atoms with Crippen molar-refractivity contribution in [2.45, 2.75) is 19.6 Å². The van der Waals surface area contributed by atoms with Crippen molar-refractivity contribution in [2.24, 2.45) is 0 Å². The fourth-order valence-corrected chi connectivity index (χ4v) is 1.45. The number of rotatable bonds is 0. The minimum Gasteiger partial charge on any atom is -0.481 e. The lowest BCUT2D eigenvalue weighted by Crippen LogP contribution is -2.33. The summed E-state index contributed by atoms with van der Waals surface area (Å²) in [6.07, 6.45) is -0.514. The summed E-state index contributed by atoms with van der Waals surface area (Å²) in [4.78, 5) is 11.3. The maximum absolute atomic E-state index is 11.3. The molecule has 0 bridgehead atoms. The molecule has 0 aliphatic carbocycles. The highest BCUT2D eigenvalue weighted by Gasteiger charge is 2.20. The third kappa shape index (κ3) is 1.77. The molecule has 0 aromatic heterocycles. The molecule has 1 unspecified atom stereocenters. The summed E-state index contributed by atoms with van der Waals surface area (Å²) in [5, 5.41) is 11.5. The molecule has 1 atom stereocenters. The highest BCUT2D eigenvalue weighted by atomic mass is 16.5. The third-order valence-corrected chi connectivity index (χ3v) is 2.32. The van der Waals surface area contributed by atoms with E-state index in [1.165, 1.54) is 0 Å². The van der Waals surface area contributed by atoms with Crippen LogP contribution in [0.25, 0.3) is 0 Å². The number of ether oxygens (including phenoxy) is 1. The van der Waals surface area contributed by atoms with E-state index in [0.29, 0.717) is 17.9 Å². The van der Waals surface area contributed by atoms with Gasteiger partial charge in [0.15, 0.2) is 6.10 Å². The topological polar surface area (TPSA) is 62.1 Å². The normalized spacial score (nSPS) is 19.2. The minimum absolute atomic E-state index is 0.135. The second-order valence-corrected chi connectivity index (χ2v) is 3.41. The molecule has 1 aromatic carbocycles. The van der Waals surface area contributed by atoms with E-state index in [1.807, 2.05) is 6.07 Å². The average molecular weight is 202 g/mol. The van der Waals surface area contributed by atoms with Crippen molar-refractivity contribution in [3.63, 3.8) is 0 Å². The van der Waals surface area contributed by atoms with Crippen molar-refractivity contribution in [1.82, 2.24) is 5.32 Å². The molecule has 0 radical (unpaired) electrons. The predicted molar refractivity (Wildman–Crippen MR) is 53.1 cm³/mol. The monoisotopic (exact) mass is 202 g/mol. The number of fused-ring (bicyclic) bond motifs is 1. The predicted octanol–water partition coefficient (Wildman–Crippen LogP) is 0.955. The molecule has 0 spiro atoms. The van der Waals surface area contributed by atoms with Gasteiger partial charge in [0.25, 0.3) is 5.91 Å². The number of amides is 1. The van der Waals surface area contributed by atoms with Gasteiger partial charge in [0.05, 0.1) is 11.6 Å². The summed E-state index contributed by atoms with van der Waals surface area (Å²) in [5.41, 5.74) is 1.43. The van der Waals surface area contributed by atoms with Crippen LogP contribution in [0.5, 0.6) is 5.75 Å². The van der Waals surface area contributed by atoms with Crippen molar-refractivity contribution in [3.05, 3.63) is 29.3 Å². The Balaban J connectivity index is 2.40. The maximum Gasteiger partial charge on any atom is 0.261 e. The molecular formula is C11H10N2O2. The first-order valence-corrected chi connectivity index (χ1v) is 4.68. The molecule has 4 nitrogen and oxygen atoms in total. The Morgan fingerprint density at radius 2 is 2.40 bits per heavy atom. The zero-order valence-electron chi connectivity index (χ0n) is 8.28. The van der Waals surface area contributed by atoms with Crippen LogP contribution in [-0.4, -0.2) is 12.0 Å². The highest BCUT2D eigenvalue weighted by Crippen LogP contribution is 2.23. The van der Waals surface area contributed by atoms with E-state index >= 15 is 0 Å². The van der Waals surface area contributed by atoms with Crippen molar-refractivity contribution < 1.29 is 9.53 Å². The molecule has 2 rings (SSSR count). The van der Waals surface area contributed by atoms with Crippen molar-refractivity contribution in [2.75, 3.05) is 0 Å². The zero-order valence-corrected chi connectivity index (χ0v) is 8.28. The molecule has 0 saturated heterocycles. The summed E-state index contributed by atoms with van der Waals surface area (Å²) < 4.78 is 5.45. The first-order valence-electron chi connectivity index (χ1n) is 4.68.